The number of methoxy groups -OCH3 is 1. The van der Waals surface area contributed by atoms with Crippen LogP contribution in [0.25, 0.3) is 0 Å². The van der Waals surface area contributed by atoms with Gasteiger partial charge in [-0.3, -0.25) is 4.79 Å². The molecular formula is C28H41NO3. The Hall–Kier alpha value is -2.33. The monoisotopic (exact) mass is 439 g/mol. The highest BCUT2D eigenvalue weighted by atomic mass is 16.5. The third-order valence-electron chi connectivity index (χ3n) is 5.96. The van der Waals surface area contributed by atoms with Gasteiger partial charge in [0.2, 0.25) is 5.91 Å². The van der Waals surface area contributed by atoms with Gasteiger partial charge in [0.15, 0.2) is 0 Å². The molecule has 0 aliphatic heterocycles. The highest BCUT2D eigenvalue weighted by Gasteiger charge is 2.23. The summed E-state index contributed by atoms with van der Waals surface area (Å²) in [5.41, 5.74) is 4.16. The minimum Gasteiger partial charge on any atom is -0.496 e. The zero-order valence-corrected chi connectivity index (χ0v) is 20.5. The van der Waals surface area contributed by atoms with Crippen molar-refractivity contribution >= 4 is 11.6 Å². The third kappa shape index (κ3) is 7.67. The van der Waals surface area contributed by atoms with Gasteiger partial charge in [-0.05, 0) is 59.4 Å². The smallest absolute Gasteiger partial charge is 0.224 e. The maximum atomic E-state index is 13.2. The maximum absolute atomic E-state index is 13.2. The second-order valence-electron chi connectivity index (χ2n) is 9.64. The lowest BCUT2D eigenvalue weighted by Gasteiger charge is -2.25. The van der Waals surface area contributed by atoms with Gasteiger partial charge in [0.1, 0.15) is 5.75 Å². The molecule has 0 spiro atoms. The minimum atomic E-state index is -0.0820. The molecule has 0 saturated heterocycles. The number of unbranched alkanes of at least 4 members (excludes halogenated alkanes) is 2. The average molecular weight is 440 g/mol. The third-order valence-corrected chi connectivity index (χ3v) is 5.96. The molecule has 1 amide bonds. The number of aliphatic hydroxyl groups is 1. The van der Waals surface area contributed by atoms with Crippen molar-refractivity contribution in [3.8, 4) is 5.75 Å². The molecule has 1 atom stereocenters. The zero-order chi connectivity index (χ0) is 23.6. The summed E-state index contributed by atoms with van der Waals surface area (Å²) in [5, 5.41) is 12.4. The molecule has 0 aliphatic carbocycles. The predicted octanol–water partition coefficient (Wildman–Crippen LogP) is 6.61. The van der Waals surface area contributed by atoms with E-state index in [9.17, 15) is 9.90 Å². The summed E-state index contributed by atoms with van der Waals surface area (Å²) in [5.74, 6) is 0.999. The van der Waals surface area contributed by atoms with Crippen molar-refractivity contribution in [1.82, 2.24) is 0 Å². The van der Waals surface area contributed by atoms with Gasteiger partial charge in [0, 0.05) is 18.7 Å². The molecule has 32 heavy (non-hydrogen) atoms. The summed E-state index contributed by atoms with van der Waals surface area (Å²) in [6.45, 7) is 8.85. The fourth-order valence-corrected chi connectivity index (χ4v) is 4.22. The van der Waals surface area contributed by atoms with Gasteiger partial charge >= 0.3 is 0 Å². The normalized spacial score (nSPS) is 12.4. The molecule has 1 unspecified atom stereocenters. The Labute approximate surface area is 194 Å². The number of para-hydroxylation sites is 1. The topological polar surface area (TPSA) is 58.6 Å². The summed E-state index contributed by atoms with van der Waals surface area (Å²) >= 11 is 0. The van der Waals surface area contributed by atoms with Crippen LogP contribution in [0.5, 0.6) is 5.75 Å². The standard InChI is InChI=1S/C28H41NO3/c1-6-7-8-13-22(23-14-9-10-15-26(23)32-5)20-27(31)29-25-19-21(12-11-18-30)16-17-24(25)28(2,3)4/h9-10,14-17,19,22,30H,6-8,11-13,18,20H2,1-5H3,(H,29,31). The van der Waals surface area contributed by atoms with E-state index in [1.807, 2.05) is 18.2 Å². The SMILES string of the molecule is CCCCCC(CC(=O)Nc1cc(CCCO)ccc1C(C)(C)C)c1ccccc1OC. The Morgan fingerprint density at radius 1 is 1.09 bits per heavy atom. The van der Waals surface area contributed by atoms with Crippen molar-refractivity contribution in [2.24, 2.45) is 0 Å². The van der Waals surface area contributed by atoms with Gasteiger partial charge in [-0.1, -0.05) is 77.3 Å². The summed E-state index contributed by atoms with van der Waals surface area (Å²) in [4.78, 5) is 13.2. The van der Waals surface area contributed by atoms with Crippen molar-refractivity contribution in [1.29, 1.82) is 0 Å². The fraction of sp³-hybridized carbons (Fsp3) is 0.536. The van der Waals surface area contributed by atoms with Gasteiger partial charge in [0.25, 0.3) is 0 Å². The molecule has 0 fully saturated rings. The predicted molar refractivity (Wildman–Crippen MR) is 134 cm³/mol. The van der Waals surface area contributed by atoms with Gasteiger partial charge in [-0.2, -0.15) is 0 Å². The number of amides is 1. The number of carbonyl (C=O) groups excluding carboxylic acids is 1. The van der Waals surface area contributed by atoms with E-state index in [1.54, 1.807) is 7.11 Å². The number of nitrogens with one attached hydrogen (secondary N) is 1. The van der Waals surface area contributed by atoms with Crippen LogP contribution in [0.2, 0.25) is 0 Å². The van der Waals surface area contributed by atoms with Crippen LogP contribution < -0.4 is 10.1 Å². The largest absolute Gasteiger partial charge is 0.496 e. The number of hydrogen-bond donors (Lipinski definition) is 2. The van der Waals surface area contributed by atoms with E-state index in [0.717, 1.165) is 66.7 Å². The highest BCUT2D eigenvalue weighted by molar-refractivity contribution is 5.92. The van der Waals surface area contributed by atoms with Crippen molar-refractivity contribution in [3.05, 3.63) is 59.2 Å². The van der Waals surface area contributed by atoms with Crippen LogP contribution in [-0.2, 0) is 16.6 Å². The Morgan fingerprint density at radius 2 is 1.84 bits per heavy atom. The summed E-state index contributed by atoms with van der Waals surface area (Å²) in [6.07, 6.45) is 6.31. The lowest BCUT2D eigenvalue weighted by Crippen LogP contribution is -2.21. The number of hydrogen-bond acceptors (Lipinski definition) is 3. The molecule has 0 bridgehead atoms. The Bertz CT molecular complexity index is 854. The molecule has 2 rings (SSSR count). The number of benzene rings is 2. The van der Waals surface area contributed by atoms with Crippen LogP contribution >= 0.6 is 0 Å². The average Bonchev–Trinajstić information content (AvgIpc) is 2.76. The fourth-order valence-electron chi connectivity index (χ4n) is 4.22. The minimum absolute atomic E-state index is 0.0298. The molecule has 2 N–H and O–H groups in total. The number of ether oxygens (including phenoxy) is 1. The van der Waals surface area contributed by atoms with E-state index in [-0.39, 0.29) is 23.8 Å². The molecule has 2 aromatic carbocycles. The first-order valence-corrected chi connectivity index (χ1v) is 12.0. The van der Waals surface area contributed by atoms with Crippen LogP contribution in [0.4, 0.5) is 5.69 Å². The summed E-state index contributed by atoms with van der Waals surface area (Å²) in [7, 11) is 1.69. The van der Waals surface area contributed by atoms with E-state index < -0.39 is 0 Å². The molecule has 0 radical (unpaired) electrons. The van der Waals surface area contributed by atoms with Gasteiger partial charge < -0.3 is 15.2 Å². The second-order valence-corrected chi connectivity index (χ2v) is 9.64. The van der Waals surface area contributed by atoms with Crippen molar-refractivity contribution in [2.45, 2.75) is 84.0 Å². The van der Waals surface area contributed by atoms with Gasteiger partial charge in [-0.15, -0.1) is 0 Å². The summed E-state index contributed by atoms with van der Waals surface area (Å²) in [6, 6.07) is 14.3. The molecule has 0 aromatic heterocycles. The Balaban J connectivity index is 2.26. The molecule has 0 heterocycles. The van der Waals surface area contributed by atoms with E-state index in [2.05, 4.69) is 57.3 Å². The van der Waals surface area contributed by atoms with Gasteiger partial charge in [0.05, 0.1) is 7.11 Å². The number of anilines is 1. The molecule has 0 aliphatic rings. The van der Waals surface area contributed by atoms with Crippen LogP contribution in [-0.4, -0.2) is 24.7 Å². The van der Waals surface area contributed by atoms with Crippen LogP contribution in [0.15, 0.2) is 42.5 Å². The van der Waals surface area contributed by atoms with E-state index in [1.165, 1.54) is 0 Å². The number of aryl methyl sites for hydroxylation is 1. The lowest BCUT2D eigenvalue weighted by atomic mass is 9.84. The molecule has 176 valence electrons. The van der Waals surface area contributed by atoms with Crippen LogP contribution in [0.1, 0.15) is 88.8 Å². The van der Waals surface area contributed by atoms with Crippen molar-refractivity contribution < 1.29 is 14.6 Å². The first-order valence-electron chi connectivity index (χ1n) is 12.0. The second kappa shape index (κ2) is 12.6. The quantitative estimate of drug-likeness (QED) is 0.366. The lowest BCUT2D eigenvalue weighted by molar-refractivity contribution is -0.116. The first kappa shape index (κ1) is 25.9. The van der Waals surface area contributed by atoms with E-state index >= 15 is 0 Å². The Morgan fingerprint density at radius 3 is 2.50 bits per heavy atom. The molecule has 4 heteroatoms. The van der Waals surface area contributed by atoms with E-state index in [0.29, 0.717) is 6.42 Å². The molecular weight excluding hydrogens is 398 g/mol. The maximum Gasteiger partial charge on any atom is 0.224 e. The first-order chi connectivity index (χ1) is 15.3. The Kier molecular flexibility index (Phi) is 10.2. The molecule has 0 saturated carbocycles. The number of carbonyl (C=O) groups is 1. The highest BCUT2D eigenvalue weighted by Crippen LogP contribution is 2.35. The number of rotatable bonds is 12. The van der Waals surface area contributed by atoms with Crippen molar-refractivity contribution in [3.63, 3.8) is 0 Å². The number of aliphatic hydroxyl groups excluding tert-OH is 1. The van der Waals surface area contributed by atoms with Crippen LogP contribution in [0.3, 0.4) is 0 Å². The van der Waals surface area contributed by atoms with E-state index in [4.69, 9.17) is 4.74 Å². The zero-order valence-electron chi connectivity index (χ0n) is 20.5. The molecule has 4 nitrogen and oxygen atoms in total. The van der Waals surface area contributed by atoms with Crippen molar-refractivity contribution in [2.75, 3.05) is 19.0 Å². The summed E-state index contributed by atoms with van der Waals surface area (Å²) < 4.78 is 5.60. The van der Waals surface area contributed by atoms with Crippen LogP contribution in [0, 0.1) is 0 Å². The molecule has 2 aromatic rings. The van der Waals surface area contributed by atoms with Gasteiger partial charge in [-0.25, -0.2) is 0 Å².